The number of halogens is 1. The third kappa shape index (κ3) is 3.32. The summed E-state index contributed by atoms with van der Waals surface area (Å²) in [5.41, 5.74) is 6.75. The largest absolute Gasteiger partial charge is 0.384 e. The van der Waals surface area contributed by atoms with Crippen LogP contribution < -0.4 is 16.4 Å². The molecule has 0 aromatic heterocycles. The lowest BCUT2D eigenvalue weighted by Crippen LogP contribution is -2.22. The van der Waals surface area contributed by atoms with Crippen LogP contribution in [0.3, 0.4) is 0 Å². The molecule has 0 spiro atoms. The van der Waals surface area contributed by atoms with E-state index in [2.05, 4.69) is 10.6 Å². The van der Waals surface area contributed by atoms with E-state index >= 15 is 0 Å². The van der Waals surface area contributed by atoms with E-state index in [1.807, 2.05) is 0 Å². The summed E-state index contributed by atoms with van der Waals surface area (Å²) < 4.78 is 12.7. The first-order valence-corrected chi connectivity index (χ1v) is 5.83. The number of anilines is 2. The minimum Gasteiger partial charge on any atom is -0.384 e. The summed E-state index contributed by atoms with van der Waals surface area (Å²) in [5.74, 6) is -0.513. The number of amidine groups is 1. The minimum absolute atomic E-state index is 0.136. The number of amides is 2. The van der Waals surface area contributed by atoms with Crippen molar-refractivity contribution in [2.24, 2.45) is 5.73 Å². The van der Waals surface area contributed by atoms with Gasteiger partial charge in [-0.2, -0.15) is 0 Å². The van der Waals surface area contributed by atoms with Crippen molar-refractivity contribution >= 4 is 23.2 Å². The maximum Gasteiger partial charge on any atom is 0.323 e. The number of hydrogen-bond donors (Lipinski definition) is 4. The fourth-order valence-electron chi connectivity index (χ4n) is 1.64. The first-order valence-electron chi connectivity index (χ1n) is 5.83. The van der Waals surface area contributed by atoms with Gasteiger partial charge in [0.15, 0.2) is 0 Å². The summed E-state index contributed by atoms with van der Waals surface area (Å²) in [6.07, 6.45) is 0. The average molecular weight is 272 g/mol. The molecule has 0 unspecified atom stereocenters. The van der Waals surface area contributed by atoms with Gasteiger partial charge < -0.3 is 16.4 Å². The highest BCUT2D eigenvalue weighted by Gasteiger charge is 2.08. The zero-order valence-corrected chi connectivity index (χ0v) is 10.5. The highest BCUT2D eigenvalue weighted by molar-refractivity contribution is 6.06. The molecule has 0 bridgehead atoms. The molecule has 2 rings (SSSR count). The van der Waals surface area contributed by atoms with Gasteiger partial charge in [-0.1, -0.05) is 12.1 Å². The monoisotopic (exact) mass is 272 g/mol. The normalized spacial score (nSPS) is 9.85. The third-order valence-corrected chi connectivity index (χ3v) is 2.57. The number of urea groups is 1. The van der Waals surface area contributed by atoms with Gasteiger partial charge in [0.25, 0.3) is 0 Å². The van der Waals surface area contributed by atoms with Crippen LogP contribution in [0, 0.1) is 11.2 Å². The van der Waals surface area contributed by atoms with Gasteiger partial charge in [0.05, 0.1) is 5.69 Å². The Balaban J connectivity index is 2.08. The van der Waals surface area contributed by atoms with Crippen molar-refractivity contribution in [2.75, 3.05) is 10.6 Å². The maximum atomic E-state index is 12.7. The van der Waals surface area contributed by atoms with E-state index in [9.17, 15) is 9.18 Å². The van der Waals surface area contributed by atoms with Gasteiger partial charge >= 0.3 is 6.03 Å². The zero-order valence-electron chi connectivity index (χ0n) is 10.5. The molecule has 20 heavy (non-hydrogen) atoms. The molecule has 0 aliphatic carbocycles. The molecular formula is C14H13FN4O. The summed E-state index contributed by atoms with van der Waals surface area (Å²) in [4.78, 5) is 11.8. The Bertz CT molecular complexity index is 640. The van der Waals surface area contributed by atoms with Crippen molar-refractivity contribution in [3.05, 3.63) is 59.9 Å². The van der Waals surface area contributed by atoms with E-state index in [1.54, 1.807) is 24.3 Å². The second-order valence-corrected chi connectivity index (χ2v) is 4.05. The molecule has 5 nitrogen and oxygen atoms in total. The standard InChI is InChI=1S/C14H13FN4O/c15-9-5-7-10(8-6-9)18-14(20)19-12-4-2-1-3-11(12)13(16)17/h1-8H,(H3,16,17)(H2,18,19,20). The van der Waals surface area contributed by atoms with Crippen LogP contribution in [-0.4, -0.2) is 11.9 Å². The van der Waals surface area contributed by atoms with Crippen molar-refractivity contribution in [2.45, 2.75) is 0 Å². The van der Waals surface area contributed by atoms with E-state index in [0.29, 0.717) is 16.9 Å². The van der Waals surface area contributed by atoms with Crippen molar-refractivity contribution in [3.63, 3.8) is 0 Å². The molecule has 0 radical (unpaired) electrons. The molecule has 0 heterocycles. The van der Waals surface area contributed by atoms with Gasteiger partial charge in [0, 0.05) is 11.3 Å². The molecule has 2 amide bonds. The predicted molar refractivity (Wildman–Crippen MR) is 76.5 cm³/mol. The van der Waals surface area contributed by atoms with Gasteiger partial charge in [-0.25, -0.2) is 9.18 Å². The van der Waals surface area contributed by atoms with Crippen molar-refractivity contribution < 1.29 is 9.18 Å². The second kappa shape index (κ2) is 5.83. The second-order valence-electron chi connectivity index (χ2n) is 4.05. The molecule has 0 atom stereocenters. The number of benzene rings is 2. The molecule has 0 saturated carbocycles. The van der Waals surface area contributed by atoms with E-state index in [-0.39, 0.29) is 11.7 Å². The lowest BCUT2D eigenvalue weighted by Gasteiger charge is -2.11. The number of hydrogen-bond acceptors (Lipinski definition) is 2. The number of nitrogen functional groups attached to an aromatic ring is 1. The van der Waals surface area contributed by atoms with Gasteiger partial charge in [0.2, 0.25) is 0 Å². The molecule has 2 aromatic carbocycles. The Labute approximate surface area is 115 Å². The van der Waals surface area contributed by atoms with E-state index in [1.165, 1.54) is 24.3 Å². The Hall–Kier alpha value is -2.89. The van der Waals surface area contributed by atoms with E-state index in [4.69, 9.17) is 11.1 Å². The molecule has 0 saturated heterocycles. The molecule has 2 aromatic rings. The number of carbonyl (C=O) groups is 1. The van der Waals surface area contributed by atoms with Crippen molar-refractivity contribution in [1.82, 2.24) is 0 Å². The Morgan fingerprint density at radius 2 is 1.70 bits per heavy atom. The maximum absolute atomic E-state index is 12.7. The van der Waals surface area contributed by atoms with Gasteiger partial charge in [-0.3, -0.25) is 5.41 Å². The number of rotatable bonds is 3. The van der Waals surface area contributed by atoms with E-state index < -0.39 is 6.03 Å². The van der Waals surface area contributed by atoms with Crippen LogP contribution in [-0.2, 0) is 0 Å². The van der Waals surface area contributed by atoms with Gasteiger partial charge in [-0.05, 0) is 36.4 Å². The molecular weight excluding hydrogens is 259 g/mol. The smallest absolute Gasteiger partial charge is 0.323 e. The predicted octanol–water partition coefficient (Wildman–Crippen LogP) is 2.75. The van der Waals surface area contributed by atoms with Gasteiger partial charge in [-0.15, -0.1) is 0 Å². The fraction of sp³-hybridized carbons (Fsp3) is 0. The number of nitrogens with two attached hydrogens (primary N) is 1. The SMILES string of the molecule is N=C(N)c1ccccc1NC(=O)Nc1ccc(F)cc1. The van der Waals surface area contributed by atoms with E-state index in [0.717, 1.165) is 0 Å². The molecule has 5 N–H and O–H groups in total. The Morgan fingerprint density at radius 1 is 1.05 bits per heavy atom. The summed E-state index contributed by atoms with van der Waals surface area (Å²) in [7, 11) is 0. The quantitative estimate of drug-likeness (QED) is 0.511. The summed E-state index contributed by atoms with van der Waals surface area (Å²) in [5, 5.41) is 12.6. The zero-order chi connectivity index (χ0) is 14.5. The summed E-state index contributed by atoms with van der Waals surface area (Å²) in [6, 6.07) is 11.6. The van der Waals surface area contributed by atoms with Crippen molar-refractivity contribution in [1.29, 1.82) is 5.41 Å². The number of carbonyl (C=O) groups excluding carboxylic acids is 1. The Kier molecular flexibility index (Phi) is 3.95. The number of nitrogens with one attached hydrogen (secondary N) is 3. The summed E-state index contributed by atoms with van der Waals surface area (Å²) in [6.45, 7) is 0. The lowest BCUT2D eigenvalue weighted by molar-refractivity contribution is 0.262. The van der Waals surface area contributed by atoms with Crippen molar-refractivity contribution in [3.8, 4) is 0 Å². The van der Waals surface area contributed by atoms with Crippen LogP contribution in [0.2, 0.25) is 0 Å². The fourth-order valence-corrected chi connectivity index (χ4v) is 1.64. The van der Waals surface area contributed by atoms with Crippen LogP contribution >= 0.6 is 0 Å². The minimum atomic E-state index is -0.495. The van der Waals surface area contributed by atoms with Crippen LogP contribution in [0.1, 0.15) is 5.56 Å². The van der Waals surface area contributed by atoms with Crippen LogP contribution in [0.15, 0.2) is 48.5 Å². The molecule has 6 heteroatoms. The first kappa shape index (κ1) is 13.5. The highest BCUT2D eigenvalue weighted by Crippen LogP contribution is 2.15. The molecule has 0 aliphatic rings. The molecule has 102 valence electrons. The van der Waals surface area contributed by atoms with Gasteiger partial charge in [0.1, 0.15) is 11.7 Å². The molecule has 0 aliphatic heterocycles. The van der Waals surface area contributed by atoms with Crippen LogP contribution in [0.25, 0.3) is 0 Å². The van der Waals surface area contributed by atoms with Crippen LogP contribution in [0.5, 0.6) is 0 Å². The van der Waals surface area contributed by atoms with Crippen LogP contribution in [0.4, 0.5) is 20.6 Å². The third-order valence-electron chi connectivity index (χ3n) is 2.57. The number of para-hydroxylation sites is 1. The lowest BCUT2D eigenvalue weighted by atomic mass is 10.1. The topological polar surface area (TPSA) is 91.0 Å². The highest BCUT2D eigenvalue weighted by atomic mass is 19.1. The molecule has 0 fully saturated rings. The Morgan fingerprint density at radius 3 is 2.35 bits per heavy atom. The first-order chi connectivity index (χ1) is 9.56. The summed E-state index contributed by atoms with van der Waals surface area (Å²) >= 11 is 0. The average Bonchev–Trinajstić information content (AvgIpc) is 2.41.